The zero-order valence-corrected chi connectivity index (χ0v) is 11.3. The third kappa shape index (κ3) is 3.43. The molecule has 1 unspecified atom stereocenters. The van der Waals surface area contributed by atoms with Crippen LogP contribution < -0.4 is 10.1 Å². The Morgan fingerprint density at radius 1 is 1.44 bits per heavy atom. The van der Waals surface area contributed by atoms with Crippen LogP contribution in [0.1, 0.15) is 26.7 Å². The molecule has 1 saturated heterocycles. The highest BCUT2D eigenvalue weighted by molar-refractivity contribution is 6.28. The third-order valence-corrected chi connectivity index (χ3v) is 2.95. The van der Waals surface area contributed by atoms with Gasteiger partial charge in [0, 0.05) is 13.2 Å². The Balaban J connectivity index is 2.00. The van der Waals surface area contributed by atoms with Crippen molar-refractivity contribution in [3.63, 3.8) is 0 Å². The SMILES string of the molecule is CCOc1nc(Cl)nc(NCC2(C)CCCO2)n1. The van der Waals surface area contributed by atoms with E-state index in [0.29, 0.717) is 19.1 Å². The van der Waals surface area contributed by atoms with E-state index < -0.39 is 0 Å². The Kier molecular flexibility index (Phi) is 4.19. The van der Waals surface area contributed by atoms with Crippen molar-refractivity contribution in [3.8, 4) is 6.01 Å². The molecule has 1 aliphatic heterocycles. The number of nitrogens with zero attached hydrogens (tertiary/aromatic N) is 3. The second kappa shape index (κ2) is 5.67. The number of hydrogen-bond donors (Lipinski definition) is 1. The van der Waals surface area contributed by atoms with Gasteiger partial charge in [0.25, 0.3) is 0 Å². The van der Waals surface area contributed by atoms with E-state index in [9.17, 15) is 0 Å². The van der Waals surface area contributed by atoms with E-state index in [4.69, 9.17) is 21.1 Å². The van der Waals surface area contributed by atoms with E-state index >= 15 is 0 Å². The second-order valence-corrected chi connectivity index (χ2v) is 4.74. The first-order chi connectivity index (χ1) is 8.61. The third-order valence-electron chi connectivity index (χ3n) is 2.78. The van der Waals surface area contributed by atoms with Crippen molar-refractivity contribution in [1.82, 2.24) is 15.0 Å². The minimum atomic E-state index is -0.162. The van der Waals surface area contributed by atoms with Gasteiger partial charge in [0.2, 0.25) is 11.2 Å². The fraction of sp³-hybridized carbons (Fsp3) is 0.727. The van der Waals surface area contributed by atoms with Gasteiger partial charge >= 0.3 is 6.01 Å². The van der Waals surface area contributed by atoms with Gasteiger partial charge in [-0.3, -0.25) is 0 Å². The maximum absolute atomic E-state index is 5.80. The smallest absolute Gasteiger partial charge is 0.322 e. The Hall–Kier alpha value is -1.14. The Morgan fingerprint density at radius 3 is 2.94 bits per heavy atom. The summed E-state index contributed by atoms with van der Waals surface area (Å²) in [4.78, 5) is 12.0. The fourth-order valence-electron chi connectivity index (χ4n) is 1.85. The van der Waals surface area contributed by atoms with Crippen LogP contribution in [0.3, 0.4) is 0 Å². The van der Waals surface area contributed by atoms with Crippen LogP contribution in [0.5, 0.6) is 6.01 Å². The molecule has 0 spiro atoms. The van der Waals surface area contributed by atoms with Gasteiger partial charge in [0.1, 0.15) is 0 Å². The van der Waals surface area contributed by atoms with E-state index in [0.717, 1.165) is 19.4 Å². The molecule has 1 atom stereocenters. The normalized spacial score (nSPS) is 23.1. The molecular formula is C11H17ClN4O2. The minimum absolute atomic E-state index is 0.119. The van der Waals surface area contributed by atoms with Crippen LogP contribution in [0.25, 0.3) is 0 Å². The molecule has 1 aromatic heterocycles. The van der Waals surface area contributed by atoms with Crippen molar-refractivity contribution in [3.05, 3.63) is 5.28 Å². The molecule has 0 bridgehead atoms. The molecule has 0 aromatic carbocycles. The number of nitrogens with one attached hydrogen (secondary N) is 1. The van der Waals surface area contributed by atoms with E-state index in [2.05, 4.69) is 27.2 Å². The van der Waals surface area contributed by atoms with Gasteiger partial charge in [0.15, 0.2) is 0 Å². The van der Waals surface area contributed by atoms with Crippen molar-refractivity contribution in [2.75, 3.05) is 25.1 Å². The van der Waals surface area contributed by atoms with Crippen molar-refractivity contribution in [2.45, 2.75) is 32.3 Å². The lowest BCUT2D eigenvalue weighted by Crippen LogP contribution is -2.33. The van der Waals surface area contributed by atoms with Crippen molar-refractivity contribution in [1.29, 1.82) is 0 Å². The molecule has 0 saturated carbocycles. The van der Waals surface area contributed by atoms with Crippen LogP contribution in [-0.2, 0) is 4.74 Å². The van der Waals surface area contributed by atoms with Crippen LogP contribution in [0.2, 0.25) is 5.28 Å². The predicted octanol–water partition coefficient (Wildman–Crippen LogP) is 1.90. The molecule has 1 aliphatic rings. The van der Waals surface area contributed by atoms with Gasteiger partial charge in [-0.05, 0) is 38.3 Å². The molecular weight excluding hydrogens is 256 g/mol. The lowest BCUT2D eigenvalue weighted by atomic mass is 10.0. The zero-order valence-electron chi connectivity index (χ0n) is 10.6. The average Bonchev–Trinajstić information content (AvgIpc) is 2.74. The van der Waals surface area contributed by atoms with Gasteiger partial charge in [-0.2, -0.15) is 15.0 Å². The fourth-order valence-corrected chi connectivity index (χ4v) is 2.00. The molecule has 1 aromatic rings. The number of anilines is 1. The largest absolute Gasteiger partial charge is 0.464 e. The Bertz CT molecular complexity index is 410. The van der Waals surface area contributed by atoms with E-state index in [1.54, 1.807) is 0 Å². The molecule has 2 heterocycles. The first-order valence-corrected chi connectivity index (χ1v) is 6.41. The van der Waals surface area contributed by atoms with E-state index in [1.807, 2.05) is 6.92 Å². The van der Waals surface area contributed by atoms with Crippen LogP contribution >= 0.6 is 11.6 Å². The molecule has 100 valence electrons. The summed E-state index contributed by atoms with van der Waals surface area (Å²) < 4.78 is 10.9. The van der Waals surface area contributed by atoms with Gasteiger partial charge in [-0.15, -0.1) is 0 Å². The molecule has 1 fully saturated rings. The Labute approximate surface area is 111 Å². The van der Waals surface area contributed by atoms with E-state index in [-0.39, 0.29) is 16.9 Å². The van der Waals surface area contributed by atoms with Gasteiger partial charge in [0.05, 0.1) is 12.2 Å². The number of ether oxygens (including phenoxy) is 2. The lowest BCUT2D eigenvalue weighted by molar-refractivity contribution is 0.0314. The van der Waals surface area contributed by atoms with Crippen molar-refractivity contribution in [2.24, 2.45) is 0 Å². The summed E-state index contributed by atoms with van der Waals surface area (Å²) in [5.74, 6) is 0.412. The summed E-state index contributed by atoms with van der Waals surface area (Å²) in [6.45, 7) is 5.86. The Morgan fingerprint density at radius 2 is 2.28 bits per heavy atom. The maximum Gasteiger partial charge on any atom is 0.322 e. The molecule has 2 rings (SSSR count). The highest BCUT2D eigenvalue weighted by Crippen LogP contribution is 2.25. The number of aromatic nitrogens is 3. The van der Waals surface area contributed by atoms with Gasteiger partial charge < -0.3 is 14.8 Å². The number of rotatable bonds is 5. The monoisotopic (exact) mass is 272 g/mol. The highest BCUT2D eigenvalue weighted by atomic mass is 35.5. The summed E-state index contributed by atoms with van der Waals surface area (Å²) in [6, 6.07) is 0.234. The summed E-state index contributed by atoms with van der Waals surface area (Å²) in [5, 5.41) is 3.23. The van der Waals surface area contributed by atoms with Gasteiger partial charge in [-0.1, -0.05) is 0 Å². The summed E-state index contributed by atoms with van der Waals surface area (Å²) in [6.07, 6.45) is 2.11. The molecule has 18 heavy (non-hydrogen) atoms. The summed E-state index contributed by atoms with van der Waals surface area (Å²) >= 11 is 5.80. The van der Waals surface area contributed by atoms with Crippen LogP contribution in [-0.4, -0.2) is 40.3 Å². The molecule has 0 radical (unpaired) electrons. The van der Waals surface area contributed by atoms with Crippen molar-refractivity contribution >= 4 is 17.5 Å². The second-order valence-electron chi connectivity index (χ2n) is 4.40. The average molecular weight is 273 g/mol. The molecule has 1 N–H and O–H groups in total. The quantitative estimate of drug-likeness (QED) is 0.883. The molecule has 0 amide bonds. The van der Waals surface area contributed by atoms with Crippen LogP contribution in [0.4, 0.5) is 5.95 Å². The minimum Gasteiger partial charge on any atom is -0.464 e. The lowest BCUT2D eigenvalue weighted by Gasteiger charge is -2.23. The molecule has 6 nitrogen and oxygen atoms in total. The first-order valence-electron chi connectivity index (χ1n) is 6.03. The van der Waals surface area contributed by atoms with Crippen LogP contribution in [0, 0.1) is 0 Å². The number of hydrogen-bond acceptors (Lipinski definition) is 6. The van der Waals surface area contributed by atoms with Crippen molar-refractivity contribution < 1.29 is 9.47 Å². The molecule has 0 aliphatic carbocycles. The van der Waals surface area contributed by atoms with E-state index in [1.165, 1.54) is 0 Å². The zero-order chi connectivity index (χ0) is 13.0. The standard InChI is InChI=1S/C11H17ClN4O2/c1-3-17-10-15-8(12)14-9(16-10)13-7-11(2)5-4-6-18-11/h3-7H2,1-2H3,(H,13,14,15,16). The first kappa shape index (κ1) is 13.3. The summed E-state index contributed by atoms with van der Waals surface area (Å²) in [7, 11) is 0. The number of halogens is 1. The maximum atomic E-state index is 5.80. The molecule has 7 heteroatoms. The highest BCUT2D eigenvalue weighted by Gasteiger charge is 2.29. The summed E-state index contributed by atoms with van der Waals surface area (Å²) in [5.41, 5.74) is -0.162. The van der Waals surface area contributed by atoms with Crippen LogP contribution in [0.15, 0.2) is 0 Å². The topological polar surface area (TPSA) is 69.2 Å². The predicted molar refractivity (Wildman–Crippen MR) is 68.1 cm³/mol. The van der Waals surface area contributed by atoms with Gasteiger partial charge in [-0.25, -0.2) is 0 Å².